The van der Waals surface area contributed by atoms with Crippen molar-refractivity contribution in [2.75, 3.05) is 6.54 Å². The molecule has 0 spiro atoms. The number of nitrogens with one attached hydrogen (secondary N) is 1. The number of allylic oxidation sites excluding steroid dienone is 1. The maximum atomic E-state index is 13.9. The van der Waals surface area contributed by atoms with Crippen molar-refractivity contribution in [3.63, 3.8) is 0 Å². The molecule has 1 unspecified atom stereocenters. The van der Waals surface area contributed by atoms with Crippen LogP contribution in [0.15, 0.2) is 36.4 Å². The quantitative estimate of drug-likeness (QED) is 0.154. The second kappa shape index (κ2) is 14.4. The van der Waals surface area contributed by atoms with Crippen LogP contribution in [0.5, 0.6) is 0 Å². The highest BCUT2D eigenvalue weighted by molar-refractivity contribution is 6.48. The minimum Gasteiger partial charge on any atom is -0.332 e. The van der Waals surface area contributed by atoms with Crippen molar-refractivity contribution in [3.8, 4) is 0 Å². The Labute approximate surface area is 255 Å². The Morgan fingerprint density at radius 1 is 0.953 bits per heavy atom. The van der Waals surface area contributed by atoms with Crippen LogP contribution < -0.4 is 5.32 Å². The molecule has 0 aromatic heterocycles. The van der Waals surface area contributed by atoms with Crippen LogP contribution in [0.2, 0.25) is 15.1 Å². The fourth-order valence-electron chi connectivity index (χ4n) is 3.98. The number of carbonyl (C=O) groups is 2. The number of nitrogens with zero attached hydrogens (tertiary/aromatic N) is 1. The Bertz CT molecular complexity index is 1320. The van der Waals surface area contributed by atoms with E-state index in [1.807, 2.05) is 0 Å². The Balaban J connectivity index is 2.39. The van der Waals surface area contributed by atoms with E-state index in [9.17, 15) is 49.1 Å². The number of carbonyl (C=O) groups excluding carboxylic acids is 2. The molecule has 0 saturated heterocycles. The molecule has 2 atom stereocenters. The molecule has 43 heavy (non-hydrogen) atoms. The number of hydrogen-bond donors (Lipinski definition) is 1. The summed E-state index contributed by atoms with van der Waals surface area (Å²) >= 11 is 17.5. The van der Waals surface area contributed by atoms with E-state index in [-0.39, 0.29) is 33.6 Å². The third-order valence-corrected chi connectivity index (χ3v) is 7.20. The molecular formula is C27H24Cl3F9N2O2. The SMILES string of the molecule is CCCN(C(=O)CCC(F)(F)F)[C@@H](C)NC(=O)c1ccc(C=CC(c2cc(Cl)c(Cl)c(Cl)c2)C(F)(F)F)cc1C(F)(F)F. The molecule has 2 amide bonds. The van der Waals surface area contributed by atoms with Crippen molar-refractivity contribution in [2.24, 2.45) is 0 Å². The standard InChI is InChI=1S/C27H24Cl3F9N2O2/c1-3-10-41(22(42)8-9-25(31,32)33)14(2)40-24(43)17-6-4-15(11-19(17)27(37,38)39)5-7-18(26(34,35)36)16-12-20(28)23(30)21(29)13-16/h4-7,11-14,18H,3,8-10H2,1-2H3,(H,40,43)/t14-,18?/m0/s1. The monoisotopic (exact) mass is 684 g/mol. The number of hydrogen-bond acceptors (Lipinski definition) is 2. The summed E-state index contributed by atoms with van der Waals surface area (Å²) in [5, 5.41) is 1.46. The number of alkyl halides is 9. The molecule has 4 nitrogen and oxygen atoms in total. The fraction of sp³-hybridized carbons (Fsp3) is 0.407. The Morgan fingerprint density at radius 2 is 1.53 bits per heavy atom. The summed E-state index contributed by atoms with van der Waals surface area (Å²) in [5.41, 5.74) is -3.18. The lowest BCUT2D eigenvalue weighted by Gasteiger charge is -2.30. The van der Waals surface area contributed by atoms with E-state index in [4.69, 9.17) is 34.8 Å². The maximum Gasteiger partial charge on any atom is 0.417 e. The lowest BCUT2D eigenvalue weighted by Crippen LogP contribution is -2.49. The van der Waals surface area contributed by atoms with Crippen LogP contribution in [-0.2, 0) is 11.0 Å². The molecule has 2 aromatic rings. The summed E-state index contributed by atoms with van der Waals surface area (Å²) in [6.45, 7) is 2.74. The second-order valence-electron chi connectivity index (χ2n) is 9.33. The number of halogens is 12. The topological polar surface area (TPSA) is 49.4 Å². The van der Waals surface area contributed by atoms with Gasteiger partial charge in [0.25, 0.3) is 5.91 Å². The first-order valence-corrected chi connectivity index (χ1v) is 13.6. The van der Waals surface area contributed by atoms with Gasteiger partial charge in [0, 0.05) is 13.0 Å². The first kappa shape index (κ1) is 36.6. The van der Waals surface area contributed by atoms with Gasteiger partial charge in [-0.2, -0.15) is 39.5 Å². The maximum absolute atomic E-state index is 13.9. The molecule has 238 valence electrons. The molecule has 0 saturated carbocycles. The molecule has 0 heterocycles. The van der Waals surface area contributed by atoms with Crippen molar-refractivity contribution in [1.29, 1.82) is 0 Å². The van der Waals surface area contributed by atoms with Crippen molar-refractivity contribution in [3.05, 3.63) is 73.7 Å². The van der Waals surface area contributed by atoms with Gasteiger partial charge in [0.1, 0.15) is 6.17 Å². The normalized spacial score (nSPS) is 14.1. The van der Waals surface area contributed by atoms with Gasteiger partial charge in [0.05, 0.1) is 38.5 Å². The number of rotatable bonds is 10. The largest absolute Gasteiger partial charge is 0.417 e. The minimum absolute atomic E-state index is 0.0849. The lowest BCUT2D eigenvalue weighted by molar-refractivity contribution is -0.150. The number of amides is 2. The van der Waals surface area contributed by atoms with Gasteiger partial charge in [-0.3, -0.25) is 9.59 Å². The van der Waals surface area contributed by atoms with E-state index in [0.717, 1.165) is 35.2 Å². The van der Waals surface area contributed by atoms with E-state index < -0.39 is 72.0 Å². The van der Waals surface area contributed by atoms with Crippen LogP contribution in [0.3, 0.4) is 0 Å². The van der Waals surface area contributed by atoms with Gasteiger partial charge in [-0.1, -0.05) is 59.9 Å². The van der Waals surface area contributed by atoms with Gasteiger partial charge in [-0.25, -0.2) is 0 Å². The van der Waals surface area contributed by atoms with Crippen LogP contribution in [0, 0.1) is 0 Å². The zero-order valence-electron chi connectivity index (χ0n) is 22.3. The summed E-state index contributed by atoms with van der Waals surface area (Å²) in [6.07, 6.45) is -16.6. The Morgan fingerprint density at radius 3 is 2.02 bits per heavy atom. The second-order valence-corrected chi connectivity index (χ2v) is 10.5. The van der Waals surface area contributed by atoms with Crippen molar-refractivity contribution in [1.82, 2.24) is 10.2 Å². The summed E-state index contributed by atoms with van der Waals surface area (Å²) in [5.74, 6) is -4.61. The van der Waals surface area contributed by atoms with E-state index in [2.05, 4.69) is 5.32 Å². The van der Waals surface area contributed by atoms with E-state index in [1.165, 1.54) is 6.92 Å². The average Bonchev–Trinajstić information content (AvgIpc) is 2.87. The molecular weight excluding hydrogens is 662 g/mol. The Kier molecular flexibility index (Phi) is 12.3. The van der Waals surface area contributed by atoms with Crippen LogP contribution in [-0.4, -0.2) is 41.8 Å². The van der Waals surface area contributed by atoms with E-state index >= 15 is 0 Å². The van der Waals surface area contributed by atoms with Crippen LogP contribution >= 0.6 is 34.8 Å². The summed E-state index contributed by atoms with van der Waals surface area (Å²) in [6, 6.07) is 4.01. The molecule has 16 heteroatoms. The summed E-state index contributed by atoms with van der Waals surface area (Å²) < 4.78 is 121. The van der Waals surface area contributed by atoms with Crippen molar-refractivity contribution >= 4 is 52.7 Å². The fourth-order valence-corrected chi connectivity index (χ4v) is 4.60. The summed E-state index contributed by atoms with van der Waals surface area (Å²) in [4.78, 5) is 26.1. The lowest BCUT2D eigenvalue weighted by atomic mass is 9.96. The predicted octanol–water partition coefficient (Wildman–Crippen LogP) is 9.68. The molecule has 1 N–H and O–H groups in total. The highest BCUT2D eigenvalue weighted by Gasteiger charge is 2.40. The van der Waals surface area contributed by atoms with Gasteiger partial charge in [-0.05, 0) is 48.7 Å². The molecule has 0 aliphatic heterocycles. The first-order chi connectivity index (χ1) is 19.7. The molecule has 0 bridgehead atoms. The predicted molar refractivity (Wildman–Crippen MR) is 145 cm³/mol. The van der Waals surface area contributed by atoms with Gasteiger partial charge >= 0.3 is 18.5 Å². The van der Waals surface area contributed by atoms with Gasteiger partial charge in [-0.15, -0.1) is 0 Å². The molecule has 2 rings (SSSR count). The van der Waals surface area contributed by atoms with Crippen molar-refractivity contribution < 1.29 is 49.1 Å². The average molecular weight is 686 g/mol. The number of benzene rings is 2. The highest BCUT2D eigenvalue weighted by atomic mass is 35.5. The van der Waals surface area contributed by atoms with Crippen LogP contribution in [0.25, 0.3) is 6.08 Å². The van der Waals surface area contributed by atoms with E-state index in [1.54, 1.807) is 6.92 Å². The molecule has 0 fully saturated rings. The third kappa shape index (κ3) is 10.5. The molecule has 2 aromatic carbocycles. The van der Waals surface area contributed by atoms with Crippen molar-refractivity contribution in [2.45, 2.75) is 63.7 Å². The van der Waals surface area contributed by atoms with Crippen LogP contribution in [0.1, 0.15) is 66.1 Å². The van der Waals surface area contributed by atoms with Crippen LogP contribution in [0.4, 0.5) is 39.5 Å². The smallest absolute Gasteiger partial charge is 0.332 e. The highest BCUT2D eigenvalue weighted by Crippen LogP contribution is 2.41. The molecule has 0 radical (unpaired) electrons. The summed E-state index contributed by atoms with van der Waals surface area (Å²) in [7, 11) is 0. The molecule has 0 aliphatic rings. The third-order valence-electron chi connectivity index (χ3n) is 6.01. The molecule has 0 aliphatic carbocycles. The van der Waals surface area contributed by atoms with Gasteiger partial charge in [0.2, 0.25) is 5.91 Å². The minimum atomic E-state index is -5.13. The van der Waals surface area contributed by atoms with Gasteiger partial charge < -0.3 is 10.2 Å². The zero-order valence-corrected chi connectivity index (χ0v) is 24.6. The van der Waals surface area contributed by atoms with Gasteiger partial charge in [0.15, 0.2) is 0 Å². The Hall–Kier alpha value is -2.64. The van der Waals surface area contributed by atoms with E-state index in [0.29, 0.717) is 12.1 Å². The first-order valence-electron chi connectivity index (χ1n) is 12.4. The zero-order chi connectivity index (χ0) is 32.9.